The maximum atomic E-state index is 12.3. The quantitative estimate of drug-likeness (QED) is 0.721. The SMILES string of the molecule is Cc1ccccc1C(C)C(=O)c1ccccc1. The van der Waals surface area contributed by atoms with Crippen molar-refractivity contribution in [3.63, 3.8) is 0 Å². The Labute approximate surface area is 102 Å². The molecule has 0 saturated heterocycles. The van der Waals surface area contributed by atoms with Gasteiger partial charge in [-0.15, -0.1) is 0 Å². The number of hydrogen-bond acceptors (Lipinski definition) is 1. The van der Waals surface area contributed by atoms with Crippen LogP contribution < -0.4 is 0 Å². The second-order valence-corrected chi connectivity index (χ2v) is 4.31. The lowest BCUT2D eigenvalue weighted by Gasteiger charge is -2.13. The summed E-state index contributed by atoms with van der Waals surface area (Å²) in [6.45, 7) is 4.02. The molecule has 0 aliphatic heterocycles. The van der Waals surface area contributed by atoms with Gasteiger partial charge in [0.25, 0.3) is 0 Å². The van der Waals surface area contributed by atoms with Crippen LogP contribution in [0.1, 0.15) is 34.3 Å². The van der Waals surface area contributed by atoms with Gasteiger partial charge in [0.15, 0.2) is 5.78 Å². The molecule has 0 radical (unpaired) electrons. The molecule has 1 atom stereocenters. The molecule has 0 heterocycles. The van der Waals surface area contributed by atoms with E-state index in [1.54, 1.807) is 0 Å². The van der Waals surface area contributed by atoms with E-state index in [1.807, 2.05) is 68.4 Å². The van der Waals surface area contributed by atoms with Gasteiger partial charge in [0, 0.05) is 11.5 Å². The summed E-state index contributed by atoms with van der Waals surface area (Å²) < 4.78 is 0. The minimum Gasteiger partial charge on any atom is -0.294 e. The number of carbonyl (C=O) groups is 1. The molecular formula is C16H16O. The molecule has 0 aliphatic rings. The maximum absolute atomic E-state index is 12.3. The van der Waals surface area contributed by atoms with Gasteiger partial charge in [-0.2, -0.15) is 0 Å². The first kappa shape index (κ1) is 11.6. The van der Waals surface area contributed by atoms with Crippen molar-refractivity contribution in [3.05, 3.63) is 71.3 Å². The third-order valence-electron chi connectivity index (χ3n) is 3.11. The van der Waals surface area contributed by atoms with E-state index >= 15 is 0 Å². The number of benzene rings is 2. The van der Waals surface area contributed by atoms with Gasteiger partial charge in [0.2, 0.25) is 0 Å². The first-order valence-electron chi connectivity index (χ1n) is 5.85. The first-order valence-corrected chi connectivity index (χ1v) is 5.85. The zero-order valence-corrected chi connectivity index (χ0v) is 10.2. The highest BCUT2D eigenvalue weighted by Crippen LogP contribution is 2.23. The lowest BCUT2D eigenvalue weighted by atomic mass is 9.90. The van der Waals surface area contributed by atoms with Crippen molar-refractivity contribution >= 4 is 5.78 Å². The van der Waals surface area contributed by atoms with Gasteiger partial charge in [-0.25, -0.2) is 0 Å². The largest absolute Gasteiger partial charge is 0.294 e. The summed E-state index contributed by atoms with van der Waals surface area (Å²) in [6, 6.07) is 17.5. The molecule has 0 fully saturated rings. The average Bonchev–Trinajstić information content (AvgIpc) is 2.39. The van der Waals surface area contributed by atoms with E-state index in [9.17, 15) is 4.79 Å². The Hall–Kier alpha value is -1.89. The fourth-order valence-corrected chi connectivity index (χ4v) is 2.07. The van der Waals surface area contributed by atoms with Crippen LogP contribution in [0.4, 0.5) is 0 Å². The Morgan fingerprint density at radius 1 is 0.941 bits per heavy atom. The Morgan fingerprint density at radius 3 is 2.18 bits per heavy atom. The predicted molar refractivity (Wildman–Crippen MR) is 70.4 cm³/mol. The summed E-state index contributed by atoms with van der Waals surface area (Å²) in [6.07, 6.45) is 0. The van der Waals surface area contributed by atoms with E-state index in [4.69, 9.17) is 0 Å². The van der Waals surface area contributed by atoms with E-state index in [2.05, 4.69) is 0 Å². The fourth-order valence-electron chi connectivity index (χ4n) is 2.07. The number of rotatable bonds is 3. The van der Waals surface area contributed by atoms with Crippen molar-refractivity contribution in [2.24, 2.45) is 0 Å². The molecule has 0 aliphatic carbocycles. The van der Waals surface area contributed by atoms with Crippen LogP contribution in [-0.2, 0) is 0 Å². The van der Waals surface area contributed by atoms with Gasteiger partial charge in [-0.1, -0.05) is 61.5 Å². The Kier molecular flexibility index (Phi) is 3.38. The van der Waals surface area contributed by atoms with Crippen molar-refractivity contribution in [2.75, 3.05) is 0 Å². The average molecular weight is 224 g/mol. The first-order chi connectivity index (χ1) is 8.20. The van der Waals surface area contributed by atoms with Gasteiger partial charge in [0.1, 0.15) is 0 Å². The molecule has 1 heteroatoms. The highest BCUT2D eigenvalue weighted by atomic mass is 16.1. The second kappa shape index (κ2) is 4.96. The highest BCUT2D eigenvalue weighted by molar-refractivity contribution is 6.00. The molecule has 0 bridgehead atoms. The third-order valence-corrected chi connectivity index (χ3v) is 3.11. The van der Waals surface area contributed by atoms with Gasteiger partial charge < -0.3 is 0 Å². The summed E-state index contributed by atoms with van der Waals surface area (Å²) in [7, 11) is 0. The van der Waals surface area contributed by atoms with Crippen LogP contribution in [0.25, 0.3) is 0 Å². The number of ketones is 1. The van der Waals surface area contributed by atoms with Crippen molar-refractivity contribution in [3.8, 4) is 0 Å². The van der Waals surface area contributed by atoms with Gasteiger partial charge in [-0.3, -0.25) is 4.79 Å². The minimum atomic E-state index is -0.0846. The van der Waals surface area contributed by atoms with Gasteiger partial charge in [0.05, 0.1) is 0 Å². The number of Topliss-reactive ketones (excluding diaryl/α,β-unsaturated/α-hetero) is 1. The zero-order chi connectivity index (χ0) is 12.3. The second-order valence-electron chi connectivity index (χ2n) is 4.31. The van der Waals surface area contributed by atoms with Crippen LogP contribution in [0.15, 0.2) is 54.6 Å². The molecule has 0 spiro atoms. The van der Waals surface area contributed by atoms with Gasteiger partial charge >= 0.3 is 0 Å². The molecule has 86 valence electrons. The lowest BCUT2D eigenvalue weighted by Crippen LogP contribution is -2.10. The van der Waals surface area contributed by atoms with Crippen LogP contribution in [-0.4, -0.2) is 5.78 Å². The smallest absolute Gasteiger partial charge is 0.170 e. The minimum absolute atomic E-state index is 0.0846. The standard InChI is InChI=1S/C16H16O/c1-12-8-6-7-11-15(12)13(2)16(17)14-9-4-3-5-10-14/h3-11,13H,1-2H3. The molecule has 2 aromatic rings. The number of aryl methyl sites for hydroxylation is 1. The van der Waals surface area contributed by atoms with E-state index in [-0.39, 0.29) is 11.7 Å². The van der Waals surface area contributed by atoms with Crippen LogP contribution in [0.5, 0.6) is 0 Å². The van der Waals surface area contributed by atoms with Crippen molar-refractivity contribution in [1.82, 2.24) is 0 Å². The number of carbonyl (C=O) groups excluding carboxylic acids is 1. The van der Waals surface area contributed by atoms with Crippen molar-refractivity contribution in [1.29, 1.82) is 0 Å². The van der Waals surface area contributed by atoms with Crippen molar-refractivity contribution < 1.29 is 4.79 Å². The maximum Gasteiger partial charge on any atom is 0.170 e. The number of hydrogen-bond donors (Lipinski definition) is 0. The molecule has 1 nitrogen and oxygen atoms in total. The third kappa shape index (κ3) is 2.44. The summed E-state index contributed by atoms with van der Waals surface area (Å²) in [4.78, 5) is 12.3. The topological polar surface area (TPSA) is 17.1 Å². The molecule has 0 aromatic heterocycles. The molecule has 0 saturated carbocycles. The van der Waals surface area contributed by atoms with Crippen LogP contribution in [0.3, 0.4) is 0 Å². The summed E-state index contributed by atoms with van der Waals surface area (Å²) in [5.41, 5.74) is 3.06. The normalized spacial score (nSPS) is 12.1. The molecule has 1 unspecified atom stereocenters. The highest BCUT2D eigenvalue weighted by Gasteiger charge is 2.17. The van der Waals surface area contributed by atoms with Crippen LogP contribution >= 0.6 is 0 Å². The van der Waals surface area contributed by atoms with E-state index in [0.717, 1.165) is 11.1 Å². The monoisotopic (exact) mass is 224 g/mol. The molecule has 2 rings (SSSR count). The van der Waals surface area contributed by atoms with E-state index in [1.165, 1.54) is 5.56 Å². The fraction of sp³-hybridized carbons (Fsp3) is 0.188. The Bertz CT molecular complexity index is 514. The Balaban J connectivity index is 2.30. The lowest BCUT2D eigenvalue weighted by molar-refractivity contribution is 0.0966. The summed E-state index contributed by atoms with van der Waals surface area (Å²) in [5, 5.41) is 0. The summed E-state index contributed by atoms with van der Waals surface area (Å²) in [5.74, 6) is 0.0958. The summed E-state index contributed by atoms with van der Waals surface area (Å²) >= 11 is 0. The van der Waals surface area contributed by atoms with E-state index in [0.29, 0.717) is 0 Å². The molecule has 0 N–H and O–H groups in total. The zero-order valence-electron chi connectivity index (χ0n) is 10.2. The Morgan fingerprint density at radius 2 is 1.53 bits per heavy atom. The molecule has 0 amide bonds. The van der Waals surface area contributed by atoms with Gasteiger partial charge in [-0.05, 0) is 18.1 Å². The van der Waals surface area contributed by atoms with Crippen LogP contribution in [0.2, 0.25) is 0 Å². The van der Waals surface area contributed by atoms with Crippen LogP contribution in [0, 0.1) is 6.92 Å². The predicted octanol–water partition coefficient (Wildman–Crippen LogP) is 3.98. The molecule has 2 aromatic carbocycles. The molecule has 17 heavy (non-hydrogen) atoms. The molecular weight excluding hydrogens is 208 g/mol. The van der Waals surface area contributed by atoms with Crippen molar-refractivity contribution in [2.45, 2.75) is 19.8 Å². The van der Waals surface area contributed by atoms with E-state index < -0.39 is 0 Å².